The molecule has 0 saturated carbocycles. The van der Waals surface area contributed by atoms with E-state index in [0.29, 0.717) is 5.69 Å². The summed E-state index contributed by atoms with van der Waals surface area (Å²) in [4.78, 5) is 27.0. The van der Waals surface area contributed by atoms with E-state index < -0.39 is 11.0 Å². The lowest BCUT2D eigenvalue weighted by Gasteiger charge is -2.15. The zero-order chi connectivity index (χ0) is 19.4. The zero-order valence-corrected chi connectivity index (χ0v) is 15.6. The number of aromatic nitrogens is 1. The molecule has 0 unspecified atom stereocenters. The first-order valence-electron chi connectivity index (χ1n) is 8.27. The largest absolute Gasteiger partial charge is 0.374 e. The molecule has 27 heavy (non-hydrogen) atoms. The highest BCUT2D eigenvalue weighted by atomic mass is 32.1. The smallest absolute Gasteiger partial charge is 0.269 e. The summed E-state index contributed by atoms with van der Waals surface area (Å²) >= 11 is 1.60. The van der Waals surface area contributed by atoms with Crippen LogP contribution in [0.15, 0.2) is 53.9 Å². The molecule has 0 bridgehead atoms. The summed E-state index contributed by atoms with van der Waals surface area (Å²) in [5.74, 6) is -0.233. The standard InChI is InChI=1S/C19H18N4O3S/c1-12(19(24)22-16-7-9-17(10-8-16)23(25)26)20-15-5-3-14(4-6-15)18-11-27-13(2)21-18/h3-12,20H,1-2H3,(H,22,24)/t12-/m1/s1. The van der Waals surface area contributed by atoms with E-state index in [0.717, 1.165) is 22.0 Å². The lowest BCUT2D eigenvalue weighted by Crippen LogP contribution is -2.31. The Morgan fingerprint density at radius 2 is 1.74 bits per heavy atom. The molecule has 2 aromatic carbocycles. The highest BCUT2D eigenvalue weighted by Gasteiger charge is 2.14. The maximum atomic E-state index is 12.3. The summed E-state index contributed by atoms with van der Waals surface area (Å²) in [7, 11) is 0. The number of amides is 1. The molecular formula is C19H18N4O3S. The van der Waals surface area contributed by atoms with Crippen molar-refractivity contribution in [1.29, 1.82) is 0 Å². The molecule has 2 N–H and O–H groups in total. The molecule has 0 fully saturated rings. The summed E-state index contributed by atoms with van der Waals surface area (Å²) in [5.41, 5.74) is 3.26. The molecule has 0 radical (unpaired) electrons. The molecular weight excluding hydrogens is 364 g/mol. The number of nitrogens with zero attached hydrogens (tertiary/aromatic N) is 2. The molecule has 1 heterocycles. The van der Waals surface area contributed by atoms with Crippen molar-refractivity contribution in [3.05, 3.63) is 69.0 Å². The topological polar surface area (TPSA) is 97.2 Å². The van der Waals surface area contributed by atoms with Gasteiger partial charge in [-0.05, 0) is 38.1 Å². The Morgan fingerprint density at radius 1 is 1.11 bits per heavy atom. The third-order valence-electron chi connectivity index (χ3n) is 3.92. The predicted molar refractivity (Wildman–Crippen MR) is 107 cm³/mol. The summed E-state index contributed by atoms with van der Waals surface area (Å²) in [5, 5.41) is 19.6. The minimum absolute atomic E-state index is 0.0189. The van der Waals surface area contributed by atoms with Crippen LogP contribution in [0.25, 0.3) is 11.3 Å². The number of carbonyl (C=O) groups excluding carboxylic acids is 1. The van der Waals surface area contributed by atoms with E-state index in [1.807, 2.05) is 36.6 Å². The Morgan fingerprint density at radius 3 is 2.30 bits per heavy atom. The second-order valence-electron chi connectivity index (χ2n) is 5.99. The van der Waals surface area contributed by atoms with E-state index in [2.05, 4.69) is 15.6 Å². The quantitative estimate of drug-likeness (QED) is 0.484. The number of benzene rings is 2. The van der Waals surface area contributed by atoms with Gasteiger partial charge in [-0.1, -0.05) is 12.1 Å². The van der Waals surface area contributed by atoms with Gasteiger partial charge >= 0.3 is 0 Å². The van der Waals surface area contributed by atoms with Crippen LogP contribution in [0.1, 0.15) is 11.9 Å². The van der Waals surface area contributed by atoms with Gasteiger partial charge in [-0.2, -0.15) is 0 Å². The predicted octanol–water partition coefficient (Wildman–Crippen LogP) is 4.47. The summed E-state index contributed by atoms with van der Waals surface area (Å²) in [6, 6.07) is 13.0. The number of hydrogen-bond acceptors (Lipinski definition) is 6. The normalized spacial score (nSPS) is 11.6. The van der Waals surface area contributed by atoms with Crippen molar-refractivity contribution in [3.63, 3.8) is 0 Å². The van der Waals surface area contributed by atoms with E-state index in [9.17, 15) is 14.9 Å². The molecule has 0 spiro atoms. The van der Waals surface area contributed by atoms with Crippen LogP contribution in [0.4, 0.5) is 17.1 Å². The maximum absolute atomic E-state index is 12.3. The SMILES string of the molecule is Cc1nc(-c2ccc(N[C@H](C)C(=O)Nc3ccc([N+](=O)[O-])cc3)cc2)cs1. The Bertz CT molecular complexity index is 952. The van der Waals surface area contributed by atoms with Crippen LogP contribution in [-0.4, -0.2) is 21.9 Å². The van der Waals surface area contributed by atoms with Crippen LogP contribution in [0.5, 0.6) is 0 Å². The number of hydrogen-bond donors (Lipinski definition) is 2. The van der Waals surface area contributed by atoms with E-state index in [1.54, 1.807) is 18.3 Å². The van der Waals surface area contributed by atoms with Gasteiger partial charge in [0.25, 0.3) is 5.69 Å². The Labute approximate surface area is 160 Å². The second kappa shape index (κ2) is 7.96. The molecule has 0 aliphatic carbocycles. The number of carbonyl (C=O) groups is 1. The fourth-order valence-corrected chi connectivity index (χ4v) is 3.09. The van der Waals surface area contributed by atoms with Crippen molar-refractivity contribution >= 4 is 34.3 Å². The van der Waals surface area contributed by atoms with Gasteiger partial charge in [0.2, 0.25) is 5.91 Å². The van der Waals surface area contributed by atoms with Crippen molar-refractivity contribution < 1.29 is 9.72 Å². The number of nitrogens with one attached hydrogen (secondary N) is 2. The number of anilines is 2. The van der Waals surface area contributed by atoms with E-state index in [4.69, 9.17) is 0 Å². The van der Waals surface area contributed by atoms with Gasteiger partial charge in [-0.3, -0.25) is 14.9 Å². The van der Waals surface area contributed by atoms with Gasteiger partial charge in [-0.25, -0.2) is 4.98 Å². The van der Waals surface area contributed by atoms with E-state index in [1.165, 1.54) is 24.3 Å². The van der Waals surface area contributed by atoms with Gasteiger partial charge in [0.15, 0.2) is 0 Å². The highest BCUT2D eigenvalue weighted by molar-refractivity contribution is 7.09. The molecule has 1 aromatic heterocycles. The highest BCUT2D eigenvalue weighted by Crippen LogP contribution is 2.23. The Kier molecular flexibility index (Phi) is 5.46. The Balaban J connectivity index is 1.59. The first-order valence-corrected chi connectivity index (χ1v) is 9.15. The lowest BCUT2D eigenvalue weighted by molar-refractivity contribution is -0.384. The van der Waals surface area contributed by atoms with Gasteiger partial charge in [0.05, 0.1) is 15.6 Å². The van der Waals surface area contributed by atoms with Crippen molar-refractivity contribution in [2.45, 2.75) is 19.9 Å². The Hall–Kier alpha value is -3.26. The minimum Gasteiger partial charge on any atom is -0.374 e. The number of aryl methyl sites for hydroxylation is 1. The third-order valence-corrected chi connectivity index (χ3v) is 4.70. The molecule has 3 aromatic rings. The lowest BCUT2D eigenvalue weighted by atomic mass is 10.1. The first-order chi connectivity index (χ1) is 12.9. The molecule has 3 rings (SSSR count). The molecule has 0 aliphatic rings. The molecule has 0 saturated heterocycles. The van der Waals surface area contributed by atoms with Crippen molar-refractivity contribution in [2.24, 2.45) is 0 Å². The summed E-state index contributed by atoms with van der Waals surface area (Å²) < 4.78 is 0. The average molecular weight is 382 g/mol. The molecule has 138 valence electrons. The number of nitro groups is 1. The molecule has 0 aliphatic heterocycles. The number of non-ortho nitro benzene ring substituents is 1. The summed E-state index contributed by atoms with van der Waals surface area (Å²) in [6.45, 7) is 3.72. The zero-order valence-electron chi connectivity index (χ0n) is 14.8. The number of thiazole rings is 1. The van der Waals surface area contributed by atoms with Crippen LogP contribution in [-0.2, 0) is 4.79 Å². The number of nitro benzene ring substituents is 1. The summed E-state index contributed by atoms with van der Waals surface area (Å²) in [6.07, 6.45) is 0. The van der Waals surface area contributed by atoms with Gasteiger partial charge < -0.3 is 10.6 Å². The maximum Gasteiger partial charge on any atom is 0.269 e. The van der Waals surface area contributed by atoms with E-state index >= 15 is 0 Å². The van der Waals surface area contributed by atoms with Crippen LogP contribution < -0.4 is 10.6 Å². The van der Waals surface area contributed by atoms with Crippen LogP contribution >= 0.6 is 11.3 Å². The van der Waals surface area contributed by atoms with Crippen molar-refractivity contribution in [2.75, 3.05) is 10.6 Å². The van der Waals surface area contributed by atoms with Crippen LogP contribution in [0.3, 0.4) is 0 Å². The fraction of sp³-hybridized carbons (Fsp3) is 0.158. The molecule has 8 heteroatoms. The second-order valence-corrected chi connectivity index (χ2v) is 7.05. The first kappa shape index (κ1) is 18.5. The fourth-order valence-electron chi connectivity index (χ4n) is 2.47. The number of rotatable bonds is 6. The van der Waals surface area contributed by atoms with Crippen molar-refractivity contribution in [1.82, 2.24) is 4.98 Å². The van der Waals surface area contributed by atoms with Gasteiger partial charge in [-0.15, -0.1) is 11.3 Å². The molecule has 1 amide bonds. The third kappa shape index (κ3) is 4.68. The van der Waals surface area contributed by atoms with Crippen LogP contribution in [0.2, 0.25) is 0 Å². The molecule has 1 atom stereocenters. The van der Waals surface area contributed by atoms with E-state index in [-0.39, 0.29) is 11.6 Å². The van der Waals surface area contributed by atoms with Gasteiger partial charge in [0, 0.05) is 34.5 Å². The molecule has 7 nitrogen and oxygen atoms in total. The van der Waals surface area contributed by atoms with Crippen molar-refractivity contribution in [3.8, 4) is 11.3 Å². The average Bonchev–Trinajstić information content (AvgIpc) is 3.09. The minimum atomic E-state index is -0.480. The van der Waals surface area contributed by atoms with Crippen LogP contribution in [0, 0.1) is 17.0 Å². The monoisotopic (exact) mass is 382 g/mol. The van der Waals surface area contributed by atoms with Gasteiger partial charge in [0.1, 0.15) is 6.04 Å².